The van der Waals surface area contributed by atoms with Crippen LogP contribution in [0.25, 0.3) is 11.5 Å². The Morgan fingerprint density at radius 1 is 1.19 bits per heavy atom. The number of hydrogen-bond donors (Lipinski definition) is 0. The number of aromatic nitrogens is 2. The van der Waals surface area contributed by atoms with Crippen molar-refractivity contribution in [3.63, 3.8) is 0 Å². The van der Waals surface area contributed by atoms with Gasteiger partial charge in [-0.15, -0.1) is 0 Å². The van der Waals surface area contributed by atoms with Crippen molar-refractivity contribution < 1.29 is 18.0 Å². The minimum absolute atomic E-state index is 0.112. The first kappa shape index (κ1) is 17.1. The predicted molar refractivity (Wildman–Crippen MR) is 92.0 cm³/mol. The number of hydrogen-bond acceptors (Lipinski definition) is 4. The molecule has 3 heterocycles. The molecule has 1 aliphatic heterocycles. The van der Waals surface area contributed by atoms with Crippen LogP contribution < -0.4 is 5.56 Å². The number of pyridine rings is 1. The van der Waals surface area contributed by atoms with Crippen molar-refractivity contribution in [1.82, 2.24) is 14.5 Å². The quantitative estimate of drug-likeness (QED) is 0.694. The Kier molecular flexibility index (Phi) is 4.10. The van der Waals surface area contributed by atoms with Crippen molar-refractivity contribution in [2.75, 3.05) is 6.54 Å². The van der Waals surface area contributed by atoms with Crippen LogP contribution in [0.15, 0.2) is 45.7 Å². The van der Waals surface area contributed by atoms with E-state index in [4.69, 9.17) is 4.42 Å². The Morgan fingerprint density at radius 2 is 1.93 bits per heavy atom. The van der Waals surface area contributed by atoms with Crippen molar-refractivity contribution in [2.24, 2.45) is 7.05 Å². The van der Waals surface area contributed by atoms with E-state index in [1.807, 2.05) is 0 Å². The van der Waals surface area contributed by atoms with Gasteiger partial charge >= 0.3 is 0 Å². The monoisotopic (exact) mass is 371 g/mol. The molecule has 0 bridgehead atoms. The van der Waals surface area contributed by atoms with E-state index in [0.717, 1.165) is 18.2 Å². The van der Waals surface area contributed by atoms with Crippen LogP contribution in [-0.4, -0.2) is 26.9 Å². The largest absolute Gasteiger partial charge is 0.441 e. The minimum Gasteiger partial charge on any atom is -0.441 e. The van der Waals surface area contributed by atoms with Gasteiger partial charge in [0.15, 0.2) is 0 Å². The maximum absolute atomic E-state index is 13.4. The zero-order valence-electron chi connectivity index (χ0n) is 14.4. The molecule has 0 atom stereocenters. The second-order valence-corrected chi connectivity index (χ2v) is 6.39. The molecule has 0 saturated carbocycles. The molecule has 1 aliphatic rings. The Labute approximate surface area is 152 Å². The number of fused-ring (bicyclic) bond motifs is 1. The Morgan fingerprint density at radius 3 is 2.63 bits per heavy atom. The molecule has 2 aromatic heterocycles. The number of amides is 1. The summed E-state index contributed by atoms with van der Waals surface area (Å²) in [7, 11) is 1.61. The standard InChI is InChI=1S/C19H15F2N3O3/c1-23-4-2-11(8-17(23)25)19(26)24-5-3-16-15(10-24)22-18(27-16)12-6-13(20)9-14(21)7-12/h2,4,6-9H,3,5,10H2,1H3. The fourth-order valence-electron chi connectivity index (χ4n) is 3.04. The fraction of sp³-hybridized carbons (Fsp3) is 0.211. The first-order valence-corrected chi connectivity index (χ1v) is 8.32. The Hall–Kier alpha value is -3.29. The van der Waals surface area contributed by atoms with Gasteiger partial charge in [-0.3, -0.25) is 9.59 Å². The molecular formula is C19H15F2N3O3. The number of oxazole rings is 1. The van der Waals surface area contributed by atoms with E-state index in [1.54, 1.807) is 18.0 Å². The van der Waals surface area contributed by atoms with Crippen molar-refractivity contribution >= 4 is 5.91 Å². The van der Waals surface area contributed by atoms with Crippen LogP contribution in [0.1, 0.15) is 21.8 Å². The summed E-state index contributed by atoms with van der Waals surface area (Å²) in [6, 6.07) is 5.94. The lowest BCUT2D eigenvalue weighted by atomic mass is 10.1. The number of rotatable bonds is 2. The normalized spacial score (nSPS) is 13.5. The Bertz CT molecular complexity index is 1080. The summed E-state index contributed by atoms with van der Waals surface area (Å²) in [6.45, 7) is 0.595. The van der Waals surface area contributed by atoms with Crippen LogP contribution in [0.5, 0.6) is 0 Å². The SMILES string of the molecule is Cn1ccc(C(=O)N2CCc3oc(-c4cc(F)cc(F)c4)nc3C2)cc1=O. The van der Waals surface area contributed by atoms with Gasteiger partial charge in [-0.2, -0.15) is 0 Å². The maximum Gasteiger partial charge on any atom is 0.254 e. The highest BCUT2D eigenvalue weighted by atomic mass is 19.1. The number of carbonyl (C=O) groups is 1. The first-order chi connectivity index (χ1) is 12.9. The van der Waals surface area contributed by atoms with E-state index in [-0.39, 0.29) is 29.5 Å². The van der Waals surface area contributed by atoms with E-state index in [2.05, 4.69) is 4.98 Å². The third kappa shape index (κ3) is 3.25. The van der Waals surface area contributed by atoms with Crippen molar-refractivity contribution in [3.8, 4) is 11.5 Å². The molecule has 6 nitrogen and oxygen atoms in total. The van der Waals surface area contributed by atoms with Crippen molar-refractivity contribution in [1.29, 1.82) is 0 Å². The molecule has 0 N–H and O–H groups in total. The average Bonchev–Trinajstić information content (AvgIpc) is 3.06. The smallest absolute Gasteiger partial charge is 0.254 e. The van der Waals surface area contributed by atoms with Crippen LogP contribution in [0.3, 0.4) is 0 Å². The van der Waals surface area contributed by atoms with Crippen LogP contribution in [0, 0.1) is 11.6 Å². The van der Waals surface area contributed by atoms with E-state index in [1.165, 1.54) is 16.8 Å². The number of halogens is 2. The van der Waals surface area contributed by atoms with E-state index in [0.29, 0.717) is 30.0 Å². The second-order valence-electron chi connectivity index (χ2n) is 6.39. The van der Waals surface area contributed by atoms with Gasteiger partial charge in [0.2, 0.25) is 5.89 Å². The van der Waals surface area contributed by atoms with Gasteiger partial charge in [0.25, 0.3) is 11.5 Å². The third-order valence-electron chi connectivity index (χ3n) is 4.48. The van der Waals surface area contributed by atoms with Crippen molar-refractivity contribution in [2.45, 2.75) is 13.0 Å². The molecule has 0 radical (unpaired) electrons. The molecule has 0 unspecified atom stereocenters. The highest BCUT2D eigenvalue weighted by molar-refractivity contribution is 5.94. The van der Waals surface area contributed by atoms with Gasteiger partial charge in [0.1, 0.15) is 23.1 Å². The fourth-order valence-corrected chi connectivity index (χ4v) is 3.04. The minimum atomic E-state index is -0.719. The summed E-state index contributed by atoms with van der Waals surface area (Å²) >= 11 is 0. The summed E-state index contributed by atoms with van der Waals surface area (Å²) in [6.07, 6.45) is 1.97. The molecule has 0 fully saturated rings. The molecule has 27 heavy (non-hydrogen) atoms. The molecule has 0 saturated heterocycles. The lowest BCUT2D eigenvalue weighted by Gasteiger charge is -2.25. The zero-order chi connectivity index (χ0) is 19.1. The Balaban J connectivity index is 1.60. The maximum atomic E-state index is 13.4. The van der Waals surface area contributed by atoms with Crippen LogP contribution >= 0.6 is 0 Å². The van der Waals surface area contributed by atoms with Crippen LogP contribution in [0.2, 0.25) is 0 Å². The highest BCUT2D eigenvalue weighted by Crippen LogP contribution is 2.27. The van der Waals surface area contributed by atoms with Crippen LogP contribution in [0.4, 0.5) is 8.78 Å². The molecule has 1 amide bonds. The molecule has 138 valence electrons. The van der Waals surface area contributed by atoms with Gasteiger partial charge in [-0.25, -0.2) is 13.8 Å². The number of carbonyl (C=O) groups excluding carboxylic acids is 1. The molecule has 8 heteroatoms. The van der Waals surface area contributed by atoms with E-state index < -0.39 is 11.6 Å². The highest BCUT2D eigenvalue weighted by Gasteiger charge is 2.27. The summed E-state index contributed by atoms with van der Waals surface area (Å²) in [5.41, 5.74) is 0.775. The molecule has 0 aliphatic carbocycles. The van der Waals surface area contributed by atoms with Gasteiger partial charge in [0, 0.05) is 49.5 Å². The van der Waals surface area contributed by atoms with Crippen LogP contribution in [-0.2, 0) is 20.0 Å². The zero-order valence-corrected chi connectivity index (χ0v) is 14.4. The number of nitrogens with zero attached hydrogens (tertiary/aromatic N) is 3. The van der Waals surface area contributed by atoms with Gasteiger partial charge in [-0.1, -0.05) is 0 Å². The van der Waals surface area contributed by atoms with E-state index in [9.17, 15) is 18.4 Å². The number of aryl methyl sites for hydroxylation is 1. The molecule has 0 spiro atoms. The van der Waals surface area contributed by atoms with Gasteiger partial charge in [-0.05, 0) is 18.2 Å². The van der Waals surface area contributed by atoms with Gasteiger partial charge in [0.05, 0.1) is 6.54 Å². The summed E-state index contributed by atoms with van der Waals surface area (Å²) < 4.78 is 33.9. The topological polar surface area (TPSA) is 68.3 Å². The summed E-state index contributed by atoms with van der Waals surface area (Å²) in [5, 5.41) is 0. The molecule has 1 aromatic carbocycles. The molecule has 3 aromatic rings. The third-order valence-corrected chi connectivity index (χ3v) is 4.48. The van der Waals surface area contributed by atoms with Gasteiger partial charge < -0.3 is 13.9 Å². The lowest BCUT2D eigenvalue weighted by Crippen LogP contribution is -2.36. The second kappa shape index (κ2) is 6.46. The summed E-state index contributed by atoms with van der Waals surface area (Å²) in [5.74, 6) is -1.02. The number of benzene rings is 1. The first-order valence-electron chi connectivity index (χ1n) is 8.32. The molecule has 4 rings (SSSR count). The van der Waals surface area contributed by atoms with Crippen molar-refractivity contribution in [3.05, 3.63) is 75.5 Å². The predicted octanol–water partition coefficient (Wildman–Crippen LogP) is 2.52. The van der Waals surface area contributed by atoms with E-state index >= 15 is 0 Å². The lowest BCUT2D eigenvalue weighted by molar-refractivity contribution is 0.0727. The summed E-state index contributed by atoms with van der Waals surface area (Å²) in [4.78, 5) is 30.3. The average molecular weight is 371 g/mol. The molecular weight excluding hydrogens is 356 g/mol.